The first kappa shape index (κ1) is 22.9. The topological polar surface area (TPSA) is 98.4 Å². The van der Waals surface area contributed by atoms with Gasteiger partial charge in [-0.05, 0) is 42.8 Å². The number of nitrogens with one attached hydrogen (secondary N) is 2. The summed E-state index contributed by atoms with van der Waals surface area (Å²) in [7, 11) is -3.60. The molecule has 11 heteroatoms. The zero-order valence-electron chi connectivity index (χ0n) is 17.5. The van der Waals surface area contributed by atoms with E-state index in [9.17, 15) is 13.2 Å². The third-order valence-corrected chi connectivity index (χ3v) is 8.68. The van der Waals surface area contributed by atoms with E-state index in [4.69, 9.17) is 11.6 Å². The summed E-state index contributed by atoms with van der Waals surface area (Å²) in [6.07, 6.45) is 0. The Balaban J connectivity index is 1.29. The first-order valence-corrected chi connectivity index (χ1v) is 12.9. The van der Waals surface area contributed by atoms with Gasteiger partial charge in [-0.25, -0.2) is 18.2 Å². The number of benzene rings is 1. The second-order valence-corrected chi connectivity index (χ2v) is 11.1. The number of rotatable bonds is 7. The SMILES string of the molecule is Cc1ccc(Cl)cc1N1CCN(CCNS(=O)(=O)c2ccc(-c3ccc(=O)[nH]n3)s2)CC1. The van der Waals surface area contributed by atoms with Crippen molar-refractivity contribution in [3.05, 3.63) is 63.4 Å². The van der Waals surface area contributed by atoms with Crippen molar-refractivity contribution in [1.29, 1.82) is 0 Å². The highest BCUT2D eigenvalue weighted by molar-refractivity contribution is 7.91. The van der Waals surface area contributed by atoms with Gasteiger partial charge in [-0.1, -0.05) is 17.7 Å². The van der Waals surface area contributed by atoms with Crippen molar-refractivity contribution in [2.24, 2.45) is 0 Å². The molecule has 4 rings (SSSR count). The zero-order chi connectivity index (χ0) is 22.7. The lowest BCUT2D eigenvalue weighted by atomic mass is 10.1. The number of hydrogen-bond acceptors (Lipinski definition) is 7. The average molecular weight is 494 g/mol. The van der Waals surface area contributed by atoms with Gasteiger partial charge in [0, 0.05) is 56.0 Å². The van der Waals surface area contributed by atoms with Crippen LogP contribution in [0.25, 0.3) is 10.6 Å². The number of nitrogens with zero attached hydrogens (tertiary/aromatic N) is 3. The van der Waals surface area contributed by atoms with Gasteiger partial charge in [-0.2, -0.15) is 5.10 Å². The average Bonchev–Trinajstić information content (AvgIpc) is 3.28. The quantitative estimate of drug-likeness (QED) is 0.525. The van der Waals surface area contributed by atoms with Gasteiger partial charge in [0.15, 0.2) is 0 Å². The van der Waals surface area contributed by atoms with Crippen molar-refractivity contribution in [1.82, 2.24) is 19.8 Å². The van der Waals surface area contributed by atoms with Crippen molar-refractivity contribution in [2.45, 2.75) is 11.1 Å². The summed E-state index contributed by atoms with van der Waals surface area (Å²) in [5.41, 5.74) is 2.58. The van der Waals surface area contributed by atoms with Crippen molar-refractivity contribution in [3.8, 4) is 10.6 Å². The zero-order valence-corrected chi connectivity index (χ0v) is 19.9. The van der Waals surface area contributed by atoms with Crippen LogP contribution in [0.1, 0.15) is 5.56 Å². The molecule has 0 aliphatic carbocycles. The van der Waals surface area contributed by atoms with E-state index in [0.717, 1.165) is 48.2 Å². The molecule has 3 aromatic rings. The van der Waals surface area contributed by atoms with Crippen LogP contribution in [0, 0.1) is 6.92 Å². The fraction of sp³-hybridized carbons (Fsp3) is 0.333. The maximum Gasteiger partial charge on any atom is 0.264 e. The predicted molar refractivity (Wildman–Crippen MR) is 128 cm³/mol. The maximum atomic E-state index is 12.7. The van der Waals surface area contributed by atoms with Crippen LogP contribution in [0.15, 0.2) is 51.5 Å². The molecule has 2 aromatic heterocycles. The highest BCUT2D eigenvalue weighted by atomic mass is 35.5. The molecule has 0 amide bonds. The summed E-state index contributed by atoms with van der Waals surface area (Å²) < 4.78 is 28.2. The lowest BCUT2D eigenvalue weighted by Crippen LogP contribution is -2.48. The number of hydrogen-bond donors (Lipinski definition) is 2. The number of piperazine rings is 1. The van der Waals surface area contributed by atoms with Crippen LogP contribution < -0.4 is 15.2 Å². The highest BCUT2D eigenvalue weighted by Gasteiger charge is 2.21. The fourth-order valence-electron chi connectivity index (χ4n) is 3.63. The summed E-state index contributed by atoms with van der Waals surface area (Å²) in [6.45, 7) is 6.51. The van der Waals surface area contributed by atoms with Gasteiger partial charge in [0.2, 0.25) is 10.0 Å². The number of aromatic amines is 1. The van der Waals surface area contributed by atoms with Crippen LogP contribution in [-0.2, 0) is 10.0 Å². The van der Waals surface area contributed by atoms with Crippen LogP contribution in [0.4, 0.5) is 5.69 Å². The molecular formula is C21H24ClN5O3S2. The Hall–Kier alpha value is -2.24. The van der Waals surface area contributed by atoms with Crippen molar-refractivity contribution in [3.63, 3.8) is 0 Å². The third kappa shape index (κ3) is 5.38. The minimum atomic E-state index is -3.60. The van der Waals surface area contributed by atoms with Gasteiger partial charge in [0.1, 0.15) is 9.90 Å². The molecule has 2 N–H and O–H groups in total. The summed E-state index contributed by atoms with van der Waals surface area (Å²) in [5, 5.41) is 7.03. The summed E-state index contributed by atoms with van der Waals surface area (Å²) in [5.74, 6) is 0. The summed E-state index contributed by atoms with van der Waals surface area (Å²) in [6, 6.07) is 12.1. The van der Waals surface area contributed by atoms with Gasteiger partial charge < -0.3 is 4.90 Å². The fourth-order valence-corrected chi connectivity index (χ4v) is 6.14. The number of H-pyrrole nitrogens is 1. The predicted octanol–water partition coefficient (Wildman–Crippen LogP) is 2.56. The van der Waals surface area contributed by atoms with Crippen LogP contribution in [-0.4, -0.2) is 62.8 Å². The van der Waals surface area contributed by atoms with E-state index in [1.807, 2.05) is 18.2 Å². The molecule has 1 aromatic carbocycles. The van der Waals surface area contributed by atoms with E-state index < -0.39 is 10.0 Å². The number of halogens is 1. The number of aromatic nitrogens is 2. The second-order valence-electron chi connectivity index (χ2n) is 7.58. The maximum absolute atomic E-state index is 12.7. The minimum absolute atomic E-state index is 0.224. The molecule has 1 fully saturated rings. The van der Waals surface area contributed by atoms with Crippen LogP contribution in [0.3, 0.4) is 0 Å². The Bertz CT molecular complexity index is 1230. The molecule has 0 spiro atoms. The highest BCUT2D eigenvalue weighted by Crippen LogP contribution is 2.29. The van der Waals surface area contributed by atoms with Crippen LogP contribution in [0.5, 0.6) is 0 Å². The molecular weight excluding hydrogens is 470 g/mol. The molecule has 0 unspecified atom stereocenters. The molecule has 0 saturated carbocycles. The van der Waals surface area contributed by atoms with E-state index in [1.54, 1.807) is 18.2 Å². The molecule has 0 bridgehead atoms. The van der Waals surface area contributed by atoms with E-state index >= 15 is 0 Å². The molecule has 1 aliphatic rings. The summed E-state index contributed by atoms with van der Waals surface area (Å²) >= 11 is 7.27. The lowest BCUT2D eigenvalue weighted by Gasteiger charge is -2.36. The molecule has 32 heavy (non-hydrogen) atoms. The Morgan fingerprint density at radius 3 is 2.62 bits per heavy atom. The van der Waals surface area contributed by atoms with Crippen molar-refractivity contribution < 1.29 is 8.42 Å². The Morgan fingerprint density at radius 2 is 1.91 bits per heavy atom. The van der Waals surface area contributed by atoms with E-state index in [1.165, 1.54) is 11.6 Å². The largest absolute Gasteiger partial charge is 0.369 e. The van der Waals surface area contributed by atoms with Gasteiger partial charge >= 0.3 is 0 Å². The van der Waals surface area contributed by atoms with Gasteiger partial charge in [0.05, 0.1) is 4.88 Å². The standard InChI is InChI=1S/C21H24ClN5O3S2/c1-15-2-3-16(22)14-18(15)27-12-10-26(11-13-27)9-8-23-32(29,30)21-7-5-19(31-21)17-4-6-20(28)25-24-17/h2-7,14,23H,8-13H2,1H3,(H,25,28). The molecule has 170 valence electrons. The first-order chi connectivity index (χ1) is 15.3. The summed E-state index contributed by atoms with van der Waals surface area (Å²) in [4.78, 5) is 16.4. The number of sulfonamides is 1. The van der Waals surface area contributed by atoms with E-state index in [-0.39, 0.29) is 9.77 Å². The van der Waals surface area contributed by atoms with Crippen molar-refractivity contribution in [2.75, 3.05) is 44.2 Å². The van der Waals surface area contributed by atoms with Crippen molar-refractivity contribution >= 4 is 38.6 Å². The van der Waals surface area contributed by atoms with Crippen LogP contribution in [0.2, 0.25) is 5.02 Å². The number of anilines is 1. The second kappa shape index (κ2) is 9.72. The van der Waals surface area contributed by atoms with E-state index in [2.05, 4.69) is 31.6 Å². The van der Waals surface area contributed by atoms with Gasteiger partial charge in [-0.15, -0.1) is 11.3 Å². The van der Waals surface area contributed by atoms with Gasteiger partial charge in [-0.3, -0.25) is 9.69 Å². The normalized spacial score (nSPS) is 15.2. The molecule has 3 heterocycles. The third-order valence-electron chi connectivity index (χ3n) is 5.38. The smallest absolute Gasteiger partial charge is 0.264 e. The number of aryl methyl sites for hydroxylation is 1. The molecule has 1 saturated heterocycles. The Kier molecular flexibility index (Phi) is 6.96. The van der Waals surface area contributed by atoms with Crippen LogP contribution >= 0.6 is 22.9 Å². The molecule has 8 nitrogen and oxygen atoms in total. The molecule has 1 aliphatic heterocycles. The lowest BCUT2D eigenvalue weighted by molar-refractivity contribution is 0.262. The van der Waals surface area contributed by atoms with E-state index in [0.29, 0.717) is 23.7 Å². The Morgan fingerprint density at radius 1 is 1.12 bits per heavy atom. The monoisotopic (exact) mass is 493 g/mol. The minimum Gasteiger partial charge on any atom is -0.369 e. The first-order valence-electron chi connectivity index (χ1n) is 10.2. The molecule has 0 radical (unpaired) electrons. The van der Waals surface area contributed by atoms with Gasteiger partial charge in [0.25, 0.3) is 5.56 Å². The Labute approximate surface area is 195 Å². The number of thiophene rings is 1. The molecule has 0 atom stereocenters.